The van der Waals surface area contributed by atoms with Crippen molar-refractivity contribution >= 4 is 21.4 Å². The lowest BCUT2D eigenvalue weighted by molar-refractivity contribution is 0.147. The molecule has 1 atom stereocenters. The monoisotopic (exact) mass is 219 g/mol. The average molecular weight is 219 g/mol. The lowest BCUT2D eigenvalue weighted by atomic mass is 10.2. The smallest absolute Gasteiger partial charge is 0.252 e. The molecule has 13 heavy (non-hydrogen) atoms. The van der Waals surface area contributed by atoms with Gasteiger partial charge in [0.15, 0.2) is 0 Å². The van der Waals surface area contributed by atoms with E-state index in [9.17, 15) is 13.5 Å². The van der Waals surface area contributed by atoms with Gasteiger partial charge in [-0.1, -0.05) is 0 Å². The molecule has 0 bridgehead atoms. The third-order valence-corrected chi connectivity index (χ3v) is 5.41. The molecule has 0 spiro atoms. The first kappa shape index (κ1) is 9.14. The molecule has 0 radical (unpaired) electrons. The molecule has 1 aliphatic heterocycles. The van der Waals surface area contributed by atoms with Crippen molar-refractivity contribution < 1.29 is 13.5 Å². The maximum Gasteiger partial charge on any atom is 0.252 e. The Bertz CT molecular complexity index is 423. The summed E-state index contributed by atoms with van der Waals surface area (Å²) < 4.78 is 24.7. The van der Waals surface area contributed by atoms with E-state index in [2.05, 4.69) is 0 Å². The first-order valence-electron chi connectivity index (χ1n) is 3.75. The number of hydrogen-bond acceptors (Lipinski definition) is 4. The summed E-state index contributed by atoms with van der Waals surface area (Å²) in [5.74, 6) is 0. The number of aliphatic hydroxyl groups excluding tert-OH is 1. The van der Waals surface area contributed by atoms with Crippen molar-refractivity contribution in [3.05, 3.63) is 17.0 Å². The van der Waals surface area contributed by atoms with E-state index >= 15 is 0 Å². The Morgan fingerprint density at radius 2 is 2.38 bits per heavy atom. The number of thiophene rings is 1. The topological polar surface area (TPSA) is 57.6 Å². The highest BCUT2D eigenvalue weighted by Crippen LogP contribution is 2.34. The van der Waals surface area contributed by atoms with Crippen LogP contribution in [0.4, 0.5) is 0 Å². The molecular weight excluding hydrogens is 210 g/mol. The number of sulfonamides is 1. The first-order valence-corrected chi connectivity index (χ1v) is 6.07. The van der Waals surface area contributed by atoms with E-state index in [1.165, 1.54) is 11.4 Å². The van der Waals surface area contributed by atoms with Crippen molar-refractivity contribution in [3.63, 3.8) is 0 Å². The average Bonchev–Trinajstić information content (AvgIpc) is 2.49. The fraction of sp³-hybridized carbons (Fsp3) is 0.429. The Kier molecular flexibility index (Phi) is 1.95. The molecule has 0 saturated carbocycles. The van der Waals surface area contributed by atoms with Gasteiger partial charge in [0.25, 0.3) is 10.0 Å². The molecule has 1 aromatic heterocycles. The normalized spacial score (nSPS) is 27.1. The zero-order valence-corrected chi connectivity index (χ0v) is 8.60. The minimum absolute atomic E-state index is 0.145. The SMILES string of the molecule is CN1CC(O)c2ccsc2S1(=O)=O. The number of rotatable bonds is 0. The van der Waals surface area contributed by atoms with Gasteiger partial charge in [-0.25, -0.2) is 8.42 Å². The number of fused-ring (bicyclic) bond motifs is 1. The fourth-order valence-corrected chi connectivity index (χ4v) is 4.18. The zero-order valence-electron chi connectivity index (χ0n) is 6.97. The van der Waals surface area contributed by atoms with E-state index in [1.54, 1.807) is 11.4 Å². The molecule has 1 N–H and O–H groups in total. The molecule has 0 amide bonds. The Hall–Kier alpha value is -0.430. The molecule has 72 valence electrons. The van der Waals surface area contributed by atoms with E-state index in [1.807, 2.05) is 0 Å². The van der Waals surface area contributed by atoms with Gasteiger partial charge < -0.3 is 5.11 Å². The molecule has 6 heteroatoms. The minimum atomic E-state index is -3.32. The number of nitrogens with zero attached hydrogens (tertiary/aromatic N) is 1. The number of hydrogen-bond donors (Lipinski definition) is 1. The summed E-state index contributed by atoms with van der Waals surface area (Å²) in [7, 11) is -1.85. The van der Waals surface area contributed by atoms with Crippen LogP contribution >= 0.6 is 11.3 Å². The van der Waals surface area contributed by atoms with Crippen LogP contribution in [-0.4, -0.2) is 31.4 Å². The molecule has 0 aliphatic carbocycles. The van der Waals surface area contributed by atoms with Crippen molar-refractivity contribution in [1.29, 1.82) is 0 Å². The van der Waals surface area contributed by atoms with E-state index < -0.39 is 16.1 Å². The van der Waals surface area contributed by atoms with Gasteiger partial charge in [-0.05, 0) is 11.4 Å². The van der Waals surface area contributed by atoms with Crippen LogP contribution in [0.5, 0.6) is 0 Å². The quantitative estimate of drug-likeness (QED) is 0.688. The van der Waals surface area contributed by atoms with Crippen LogP contribution < -0.4 is 0 Å². The van der Waals surface area contributed by atoms with Crippen molar-refractivity contribution in [2.24, 2.45) is 0 Å². The molecule has 1 aliphatic rings. The van der Waals surface area contributed by atoms with Gasteiger partial charge in [0.2, 0.25) is 0 Å². The maximum absolute atomic E-state index is 11.6. The predicted octanol–water partition coefficient (Wildman–Crippen LogP) is 0.416. The van der Waals surface area contributed by atoms with Crippen LogP contribution in [0.25, 0.3) is 0 Å². The zero-order chi connectivity index (χ0) is 9.64. The molecule has 0 saturated heterocycles. The van der Waals surface area contributed by atoms with E-state index in [0.29, 0.717) is 5.56 Å². The van der Waals surface area contributed by atoms with Gasteiger partial charge in [0, 0.05) is 19.2 Å². The van der Waals surface area contributed by atoms with Crippen molar-refractivity contribution in [2.75, 3.05) is 13.6 Å². The third kappa shape index (κ3) is 1.21. The van der Waals surface area contributed by atoms with Crippen LogP contribution in [0.2, 0.25) is 0 Å². The summed E-state index contributed by atoms with van der Waals surface area (Å²) in [4.78, 5) is 0. The maximum atomic E-state index is 11.6. The lowest BCUT2D eigenvalue weighted by Gasteiger charge is -2.25. The highest BCUT2D eigenvalue weighted by Gasteiger charge is 2.34. The van der Waals surface area contributed by atoms with E-state index in [4.69, 9.17) is 0 Å². The molecule has 4 nitrogen and oxygen atoms in total. The Morgan fingerprint density at radius 1 is 1.69 bits per heavy atom. The van der Waals surface area contributed by atoms with Crippen LogP contribution in [0.3, 0.4) is 0 Å². The van der Waals surface area contributed by atoms with Crippen LogP contribution in [-0.2, 0) is 10.0 Å². The first-order chi connectivity index (χ1) is 6.03. The fourth-order valence-electron chi connectivity index (χ4n) is 1.34. The second-order valence-electron chi connectivity index (χ2n) is 2.96. The standard InChI is InChI=1S/C7H9NO3S2/c1-8-4-6(9)5-2-3-12-7(5)13(8,10)11/h2-3,6,9H,4H2,1H3. The largest absolute Gasteiger partial charge is 0.387 e. The molecule has 1 aromatic rings. The van der Waals surface area contributed by atoms with Gasteiger partial charge in [-0.3, -0.25) is 0 Å². The van der Waals surface area contributed by atoms with Crippen molar-refractivity contribution in [1.82, 2.24) is 4.31 Å². The second kappa shape index (κ2) is 2.78. The molecule has 0 fully saturated rings. The second-order valence-corrected chi connectivity index (χ2v) is 6.12. The van der Waals surface area contributed by atoms with Crippen LogP contribution in [0.15, 0.2) is 15.7 Å². The van der Waals surface area contributed by atoms with Crippen LogP contribution in [0, 0.1) is 0 Å². The van der Waals surface area contributed by atoms with Crippen molar-refractivity contribution in [2.45, 2.75) is 10.3 Å². The summed E-state index contributed by atoms with van der Waals surface area (Å²) in [6.07, 6.45) is -0.685. The van der Waals surface area contributed by atoms with Crippen LogP contribution in [0.1, 0.15) is 11.7 Å². The summed E-state index contributed by atoms with van der Waals surface area (Å²) in [5.41, 5.74) is 0.531. The van der Waals surface area contributed by atoms with Gasteiger partial charge >= 0.3 is 0 Å². The van der Waals surface area contributed by atoms with Crippen molar-refractivity contribution in [3.8, 4) is 0 Å². The highest BCUT2D eigenvalue weighted by molar-refractivity contribution is 7.91. The molecule has 2 rings (SSSR count). The molecule has 1 unspecified atom stereocenters. The number of likely N-dealkylation sites (N-methyl/N-ethyl adjacent to an activating group) is 1. The molecular formula is C7H9NO3S2. The molecule has 2 heterocycles. The van der Waals surface area contributed by atoms with Gasteiger partial charge in [-0.15, -0.1) is 11.3 Å². The van der Waals surface area contributed by atoms with E-state index in [0.717, 1.165) is 11.3 Å². The number of β-amino-alcohol motifs (C(OH)–C–C–N with tert-alkyl or cyclic N) is 1. The predicted molar refractivity (Wildman–Crippen MR) is 49.1 cm³/mol. The third-order valence-electron chi connectivity index (χ3n) is 2.09. The Labute approximate surface area is 80.5 Å². The van der Waals surface area contributed by atoms with E-state index in [-0.39, 0.29) is 10.8 Å². The summed E-state index contributed by atoms with van der Waals surface area (Å²) in [6.45, 7) is 0.145. The lowest BCUT2D eigenvalue weighted by Crippen LogP contribution is -2.35. The summed E-state index contributed by atoms with van der Waals surface area (Å²) in [5, 5.41) is 11.2. The highest BCUT2D eigenvalue weighted by atomic mass is 32.2. The Morgan fingerprint density at radius 3 is 3.08 bits per heavy atom. The summed E-state index contributed by atoms with van der Waals surface area (Å²) >= 11 is 1.15. The summed E-state index contributed by atoms with van der Waals surface area (Å²) in [6, 6.07) is 1.66. The minimum Gasteiger partial charge on any atom is -0.387 e. The molecule has 0 aromatic carbocycles. The van der Waals surface area contributed by atoms with Gasteiger partial charge in [0.05, 0.1) is 6.10 Å². The Balaban J connectivity index is 2.66. The number of aliphatic hydroxyl groups is 1. The van der Waals surface area contributed by atoms with Gasteiger partial charge in [0.1, 0.15) is 4.21 Å². The van der Waals surface area contributed by atoms with Gasteiger partial charge in [-0.2, -0.15) is 4.31 Å².